The van der Waals surface area contributed by atoms with Crippen molar-refractivity contribution in [1.29, 1.82) is 0 Å². The van der Waals surface area contributed by atoms with Crippen LogP contribution in [0.1, 0.15) is 25.8 Å². The molecule has 0 aliphatic carbocycles. The Labute approximate surface area is 110 Å². The summed E-state index contributed by atoms with van der Waals surface area (Å²) in [5, 5.41) is 3.44. The number of hydrogen-bond acceptors (Lipinski definition) is 3. The van der Waals surface area contributed by atoms with Crippen LogP contribution >= 0.6 is 0 Å². The molecule has 0 aliphatic rings. The summed E-state index contributed by atoms with van der Waals surface area (Å²) in [6.07, 6.45) is 2.06. The maximum Gasteiger partial charge on any atom is 0.118 e. The van der Waals surface area contributed by atoms with Gasteiger partial charge in [0.15, 0.2) is 0 Å². The second-order valence-corrected chi connectivity index (χ2v) is 5.06. The minimum absolute atomic E-state index is 0.0346. The van der Waals surface area contributed by atoms with Crippen molar-refractivity contribution in [3.8, 4) is 5.75 Å². The Bertz CT molecular complexity index is 333. The molecule has 18 heavy (non-hydrogen) atoms. The highest BCUT2D eigenvalue weighted by Gasteiger charge is 2.14. The van der Waals surface area contributed by atoms with E-state index in [0.717, 1.165) is 31.7 Å². The third kappa shape index (κ3) is 5.52. The van der Waals surface area contributed by atoms with Gasteiger partial charge < -0.3 is 14.8 Å². The van der Waals surface area contributed by atoms with Gasteiger partial charge in [0.1, 0.15) is 5.75 Å². The van der Waals surface area contributed by atoms with Gasteiger partial charge >= 0.3 is 0 Å². The summed E-state index contributed by atoms with van der Waals surface area (Å²) in [6, 6.07) is 8.23. The van der Waals surface area contributed by atoms with Crippen LogP contribution in [0.25, 0.3) is 0 Å². The van der Waals surface area contributed by atoms with E-state index in [0.29, 0.717) is 0 Å². The zero-order valence-electron chi connectivity index (χ0n) is 12.0. The van der Waals surface area contributed by atoms with Crippen molar-refractivity contribution in [2.75, 3.05) is 27.3 Å². The molecule has 0 saturated heterocycles. The Morgan fingerprint density at radius 1 is 1.06 bits per heavy atom. The first-order valence-corrected chi connectivity index (χ1v) is 6.46. The van der Waals surface area contributed by atoms with Crippen LogP contribution < -0.4 is 10.1 Å². The van der Waals surface area contributed by atoms with Crippen molar-refractivity contribution in [2.24, 2.45) is 0 Å². The lowest BCUT2D eigenvalue weighted by molar-refractivity contribution is 0.0159. The van der Waals surface area contributed by atoms with Crippen LogP contribution in [-0.4, -0.2) is 32.9 Å². The largest absolute Gasteiger partial charge is 0.497 e. The van der Waals surface area contributed by atoms with Crippen LogP contribution in [0.15, 0.2) is 24.3 Å². The molecule has 0 aromatic heterocycles. The molecule has 0 heterocycles. The number of ether oxygens (including phenoxy) is 2. The van der Waals surface area contributed by atoms with Crippen molar-refractivity contribution in [1.82, 2.24) is 5.32 Å². The zero-order chi connectivity index (χ0) is 13.4. The molecule has 0 amide bonds. The standard InChI is InChI=1S/C15H25NO2/c1-15(2,18-4)10-12-16-11-9-13-5-7-14(17-3)8-6-13/h5-8,16H,9-12H2,1-4H3. The predicted octanol–water partition coefficient (Wildman–Crippen LogP) is 2.64. The van der Waals surface area contributed by atoms with E-state index in [9.17, 15) is 0 Å². The van der Waals surface area contributed by atoms with E-state index < -0.39 is 0 Å². The van der Waals surface area contributed by atoms with Gasteiger partial charge in [0.05, 0.1) is 12.7 Å². The van der Waals surface area contributed by atoms with Crippen molar-refractivity contribution >= 4 is 0 Å². The number of methoxy groups -OCH3 is 2. The molecule has 1 aromatic rings. The monoisotopic (exact) mass is 251 g/mol. The highest BCUT2D eigenvalue weighted by molar-refractivity contribution is 5.27. The molecule has 0 radical (unpaired) electrons. The molecule has 1 aromatic carbocycles. The van der Waals surface area contributed by atoms with Crippen molar-refractivity contribution < 1.29 is 9.47 Å². The van der Waals surface area contributed by atoms with E-state index in [4.69, 9.17) is 9.47 Å². The molecule has 0 spiro atoms. The molecule has 0 aliphatic heterocycles. The number of rotatable bonds is 8. The zero-order valence-corrected chi connectivity index (χ0v) is 12.0. The van der Waals surface area contributed by atoms with E-state index in [1.54, 1.807) is 14.2 Å². The van der Waals surface area contributed by atoms with Gasteiger partial charge in [-0.2, -0.15) is 0 Å². The molecule has 0 fully saturated rings. The van der Waals surface area contributed by atoms with E-state index in [-0.39, 0.29) is 5.60 Å². The molecule has 1 rings (SSSR count). The van der Waals surface area contributed by atoms with Crippen LogP contribution in [-0.2, 0) is 11.2 Å². The molecule has 0 saturated carbocycles. The van der Waals surface area contributed by atoms with Crippen LogP contribution in [0.2, 0.25) is 0 Å². The quantitative estimate of drug-likeness (QED) is 0.721. The third-order valence-electron chi connectivity index (χ3n) is 3.21. The van der Waals surface area contributed by atoms with Crippen molar-refractivity contribution in [3.05, 3.63) is 29.8 Å². The first-order chi connectivity index (χ1) is 8.57. The second kappa shape index (κ2) is 7.39. The Morgan fingerprint density at radius 2 is 1.72 bits per heavy atom. The normalized spacial score (nSPS) is 11.6. The van der Waals surface area contributed by atoms with E-state index in [1.807, 2.05) is 12.1 Å². The topological polar surface area (TPSA) is 30.5 Å². The molecule has 0 bridgehead atoms. The van der Waals surface area contributed by atoms with Gasteiger partial charge in [-0.15, -0.1) is 0 Å². The molecular formula is C15H25NO2. The number of benzene rings is 1. The van der Waals surface area contributed by atoms with E-state index in [1.165, 1.54) is 5.56 Å². The Morgan fingerprint density at radius 3 is 2.28 bits per heavy atom. The molecular weight excluding hydrogens is 226 g/mol. The minimum atomic E-state index is -0.0346. The SMILES string of the molecule is COc1ccc(CCNCCC(C)(C)OC)cc1. The van der Waals surface area contributed by atoms with E-state index >= 15 is 0 Å². The molecule has 1 N–H and O–H groups in total. The summed E-state index contributed by atoms with van der Waals surface area (Å²) in [5.74, 6) is 0.911. The lowest BCUT2D eigenvalue weighted by Gasteiger charge is -2.22. The second-order valence-electron chi connectivity index (χ2n) is 5.06. The van der Waals surface area contributed by atoms with Gasteiger partial charge in [-0.1, -0.05) is 12.1 Å². The summed E-state index contributed by atoms with van der Waals surface area (Å²) in [5.41, 5.74) is 1.29. The smallest absolute Gasteiger partial charge is 0.118 e. The summed E-state index contributed by atoms with van der Waals surface area (Å²) in [4.78, 5) is 0. The third-order valence-corrected chi connectivity index (χ3v) is 3.21. The number of hydrogen-bond donors (Lipinski definition) is 1. The van der Waals surface area contributed by atoms with Gasteiger partial charge in [-0.25, -0.2) is 0 Å². The average Bonchev–Trinajstić information content (AvgIpc) is 2.39. The van der Waals surface area contributed by atoms with Crippen molar-refractivity contribution in [3.63, 3.8) is 0 Å². The molecule has 0 unspecified atom stereocenters. The van der Waals surface area contributed by atoms with Gasteiger partial charge in [-0.3, -0.25) is 0 Å². The van der Waals surface area contributed by atoms with Crippen LogP contribution in [0.3, 0.4) is 0 Å². The summed E-state index contributed by atoms with van der Waals surface area (Å²) in [6.45, 7) is 6.19. The Hall–Kier alpha value is -1.06. The molecule has 3 nitrogen and oxygen atoms in total. The summed E-state index contributed by atoms with van der Waals surface area (Å²) >= 11 is 0. The van der Waals surface area contributed by atoms with Gasteiger partial charge in [0.2, 0.25) is 0 Å². The highest BCUT2D eigenvalue weighted by atomic mass is 16.5. The average molecular weight is 251 g/mol. The molecule has 3 heteroatoms. The maximum atomic E-state index is 5.37. The lowest BCUT2D eigenvalue weighted by atomic mass is 10.1. The predicted molar refractivity (Wildman–Crippen MR) is 75.3 cm³/mol. The fourth-order valence-electron chi connectivity index (χ4n) is 1.64. The van der Waals surface area contributed by atoms with Gasteiger partial charge in [0, 0.05) is 7.11 Å². The number of nitrogens with one attached hydrogen (secondary N) is 1. The highest BCUT2D eigenvalue weighted by Crippen LogP contribution is 2.12. The first-order valence-electron chi connectivity index (χ1n) is 6.46. The molecule has 102 valence electrons. The summed E-state index contributed by atoms with van der Waals surface area (Å²) < 4.78 is 10.5. The van der Waals surface area contributed by atoms with E-state index in [2.05, 4.69) is 31.3 Å². The van der Waals surface area contributed by atoms with Gasteiger partial charge in [0.25, 0.3) is 0 Å². The Balaban J connectivity index is 2.17. The van der Waals surface area contributed by atoms with Crippen LogP contribution in [0, 0.1) is 0 Å². The lowest BCUT2D eigenvalue weighted by Crippen LogP contribution is -2.29. The first kappa shape index (κ1) is 15.0. The van der Waals surface area contributed by atoms with Crippen LogP contribution in [0.5, 0.6) is 5.75 Å². The Kier molecular flexibility index (Phi) is 6.16. The van der Waals surface area contributed by atoms with Crippen molar-refractivity contribution in [2.45, 2.75) is 32.3 Å². The molecule has 0 atom stereocenters. The maximum absolute atomic E-state index is 5.37. The fraction of sp³-hybridized carbons (Fsp3) is 0.600. The fourth-order valence-corrected chi connectivity index (χ4v) is 1.64. The minimum Gasteiger partial charge on any atom is -0.497 e. The van der Waals surface area contributed by atoms with Crippen LogP contribution in [0.4, 0.5) is 0 Å². The van der Waals surface area contributed by atoms with Gasteiger partial charge in [-0.05, 0) is 57.5 Å². The summed E-state index contributed by atoms with van der Waals surface area (Å²) in [7, 11) is 3.45.